The standard InChI is InChI=1S/C13H15ClN2O/c1-13(5-6-13)12(17)16-8-2-3-9-10(14)4-7-15-11(9)16/h4,7H,2-3,5-6,8H2,1H3. The molecule has 0 radical (unpaired) electrons. The molecule has 90 valence electrons. The molecule has 0 N–H and O–H groups in total. The van der Waals surface area contributed by atoms with Crippen LogP contribution >= 0.6 is 11.6 Å². The highest BCUT2D eigenvalue weighted by atomic mass is 35.5. The van der Waals surface area contributed by atoms with Crippen molar-refractivity contribution in [2.24, 2.45) is 5.41 Å². The zero-order valence-corrected chi connectivity index (χ0v) is 10.6. The molecule has 3 nitrogen and oxygen atoms in total. The Labute approximate surface area is 106 Å². The van der Waals surface area contributed by atoms with Gasteiger partial charge in [0.15, 0.2) is 0 Å². The van der Waals surface area contributed by atoms with E-state index in [1.807, 2.05) is 11.8 Å². The van der Waals surface area contributed by atoms with Gasteiger partial charge >= 0.3 is 0 Å². The molecule has 1 amide bonds. The van der Waals surface area contributed by atoms with Gasteiger partial charge in [0, 0.05) is 28.7 Å². The minimum Gasteiger partial charge on any atom is -0.296 e. The van der Waals surface area contributed by atoms with E-state index in [2.05, 4.69) is 4.98 Å². The predicted molar refractivity (Wildman–Crippen MR) is 67.3 cm³/mol. The molecule has 2 heterocycles. The van der Waals surface area contributed by atoms with Crippen LogP contribution < -0.4 is 4.90 Å². The first-order valence-electron chi connectivity index (χ1n) is 6.07. The van der Waals surface area contributed by atoms with Gasteiger partial charge in [-0.15, -0.1) is 0 Å². The summed E-state index contributed by atoms with van der Waals surface area (Å²) in [7, 11) is 0. The Morgan fingerprint density at radius 1 is 1.53 bits per heavy atom. The molecule has 1 aliphatic carbocycles. The quantitative estimate of drug-likeness (QED) is 0.768. The summed E-state index contributed by atoms with van der Waals surface area (Å²) in [5.74, 6) is 0.995. The number of fused-ring (bicyclic) bond motifs is 1. The predicted octanol–water partition coefficient (Wildman–Crippen LogP) is 2.81. The number of aromatic nitrogens is 1. The number of amides is 1. The van der Waals surface area contributed by atoms with E-state index in [4.69, 9.17) is 11.6 Å². The summed E-state index contributed by atoms with van der Waals surface area (Å²) < 4.78 is 0. The van der Waals surface area contributed by atoms with Crippen molar-refractivity contribution in [2.45, 2.75) is 32.6 Å². The number of rotatable bonds is 1. The summed E-state index contributed by atoms with van der Waals surface area (Å²) in [6, 6.07) is 1.80. The second kappa shape index (κ2) is 3.70. The molecule has 1 aliphatic heterocycles. The largest absolute Gasteiger partial charge is 0.296 e. The van der Waals surface area contributed by atoms with Gasteiger partial charge in [-0.1, -0.05) is 18.5 Å². The van der Waals surface area contributed by atoms with Crippen molar-refractivity contribution in [3.05, 3.63) is 22.8 Å². The topological polar surface area (TPSA) is 33.2 Å². The first-order chi connectivity index (χ1) is 8.12. The third kappa shape index (κ3) is 1.73. The fourth-order valence-corrected chi connectivity index (χ4v) is 2.60. The summed E-state index contributed by atoms with van der Waals surface area (Å²) in [4.78, 5) is 18.6. The van der Waals surface area contributed by atoms with Crippen molar-refractivity contribution in [3.8, 4) is 0 Å². The molecule has 1 aromatic rings. The van der Waals surface area contributed by atoms with Crippen LogP contribution in [0, 0.1) is 5.41 Å². The number of carbonyl (C=O) groups excluding carboxylic acids is 1. The van der Waals surface area contributed by atoms with Gasteiger partial charge in [0.2, 0.25) is 5.91 Å². The molecule has 2 aliphatic rings. The molecule has 0 spiro atoms. The van der Waals surface area contributed by atoms with Crippen molar-refractivity contribution in [1.29, 1.82) is 0 Å². The summed E-state index contributed by atoms with van der Waals surface area (Å²) in [5.41, 5.74) is 0.886. The summed E-state index contributed by atoms with van der Waals surface area (Å²) >= 11 is 6.16. The average molecular weight is 251 g/mol. The van der Waals surface area contributed by atoms with Crippen LogP contribution in [0.25, 0.3) is 0 Å². The Hall–Kier alpha value is -1.09. The number of nitrogens with zero attached hydrogens (tertiary/aromatic N) is 2. The van der Waals surface area contributed by atoms with Gasteiger partial charge in [-0.3, -0.25) is 9.69 Å². The average Bonchev–Trinajstić information content (AvgIpc) is 3.08. The third-order valence-electron chi connectivity index (χ3n) is 3.80. The molecule has 1 saturated carbocycles. The zero-order chi connectivity index (χ0) is 12.0. The Morgan fingerprint density at radius 2 is 2.29 bits per heavy atom. The molecule has 0 aromatic carbocycles. The van der Waals surface area contributed by atoms with Gasteiger partial charge in [-0.2, -0.15) is 0 Å². The van der Waals surface area contributed by atoms with E-state index in [1.165, 1.54) is 0 Å². The lowest BCUT2D eigenvalue weighted by Gasteiger charge is -2.30. The summed E-state index contributed by atoms with van der Waals surface area (Å²) in [6.07, 6.45) is 5.57. The summed E-state index contributed by atoms with van der Waals surface area (Å²) in [5, 5.41) is 0.730. The van der Waals surface area contributed by atoms with Gasteiger partial charge in [-0.05, 0) is 31.7 Å². The maximum atomic E-state index is 12.4. The first kappa shape index (κ1) is 11.0. The minimum absolute atomic E-state index is 0.140. The number of hydrogen-bond acceptors (Lipinski definition) is 2. The smallest absolute Gasteiger partial charge is 0.234 e. The Morgan fingerprint density at radius 3 is 3.00 bits per heavy atom. The lowest BCUT2D eigenvalue weighted by atomic mass is 10.0. The number of anilines is 1. The van der Waals surface area contributed by atoms with Crippen molar-refractivity contribution < 1.29 is 4.79 Å². The van der Waals surface area contributed by atoms with Crippen LogP contribution in [0.5, 0.6) is 0 Å². The fraction of sp³-hybridized carbons (Fsp3) is 0.538. The molecule has 17 heavy (non-hydrogen) atoms. The summed E-state index contributed by atoms with van der Waals surface area (Å²) in [6.45, 7) is 2.81. The third-order valence-corrected chi connectivity index (χ3v) is 4.16. The molecule has 0 saturated heterocycles. The molecule has 0 unspecified atom stereocenters. The Bertz CT molecular complexity index is 482. The number of pyridine rings is 1. The van der Waals surface area contributed by atoms with Crippen LogP contribution in [0.3, 0.4) is 0 Å². The molecular weight excluding hydrogens is 236 g/mol. The lowest BCUT2D eigenvalue weighted by Crippen LogP contribution is -2.40. The first-order valence-corrected chi connectivity index (χ1v) is 6.45. The molecule has 1 aromatic heterocycles. The molecular formula is C13H15ClN2O. The highest BCUT2D eigenvalue weighted by Gasteiger charge is 2.48. The van der Waals surface area contributed by atoms with Gasteiger partial charge in [-0.25, -0.2) is 4.98 Å². The lowest BCUT2D eigenvalue weighted by molar-refractivity contribution is -0.123. The second-order valence-electron chi connectivity index (χ2n) is 5.22. The van der Waals surface area contributed by atoms with E-state index in [-0.39, 0.29) is 11.3 Å². The van der Waals surface area contributed by atoms with Crippen molar-refractivity contribution in [2.75, 3.05) is 11.4 Å². The van der Waals surface area contributed by atoms with Gasteiger partial charge in [0.05, 0.1) is 0 Å². The number of carbonyl (C=O) groups is 1. The highest BCUT2D eigenvalue weighted by Crippen LogP contribution is 2.48. The molecule has 3 rings (SSSR count). The van der Waals surface area contributed by atoms with E-state index in [0.717, 1.165) is 48.6 Å². The molecule has 0 bridgehead atoms. The monoisotopic (exact) mass is 250 g/mol. The SMILES string of the molecule is CC1(C(=O)N2CCCc3c(Cl)ccnc32)CC1. The van der Waals surface area contributed by atoms with Crippen LogP contribution in [0.4, 0.5) is 5.82 Å². The number of halogens is 1. The maximum Gasteiger partial charge on any atom is 0.234 e. The molecule has 1 fully saturated rings. The number of hydrogen-bond donors (Lipinski definition) is 0. The van der Waals surface area contributed by atoms with Gasteiger partial charge in [0.25, 0.3) is 0 Å². The fourth-order valence-electron chi connectivity index (χ4n) is 2.37. The Kier molecular flexibility index (Phi) is 2.40. The van der Waals surface area contributed by atoms with Gasteiger partial charge in [0.1, 0.15) is 5.82 Å². The van der Waals surface area contributed by atoms with Crippen molar-refractivity contribution in [3.63, 3.8) is 0 Å². The second-order valence-corrected chi connectivity index (χ2v) is 5.62. The normalized spacial score (nSPS) is 20.9. The van der Waals surface area contributed by atoms with Crippen LogP contribution in [-0.2, 0) is 11.2 Å². The molecule has 4 heteroatoms. The van der Waals surface area contributed by atoms with E-state index in [0.29, 0.717) is 0 Å². The van der Waals surface area contributed by atoms with Crippen molar-refractivity contribution >= 4 is 23.3 Å². The van der Waals surface area contributed by atoms with Gasteiger partial charge < -0.3 is 0 Å². The minimum atomic E-state index is -0.140. The van der Waals surface area contributed by atoms with E-state index < -0.39 is 0 Å². The van der Waals surface area contributed by atoms with Crippen molar-refractivity contribution in [1.82, 2.24) is 4.98 Å². The van der Waals surface area contributed by atoms with Crippen LogP contribution in [0.2, 0.25) is 5.02 Å². The van der Waals surface area contributed by atoms with E-state index in [1.54, 1.807) is 12.3 Å². The van der Waals surface area contributed by atoms with Crippen LogP contribution in [0.15, 0.2) is 12.3 Å². The maximum absolute atomic E-state index is 12.4. The highest BCUT2D eigenvalue weighted by molar-refractivity contribution is 6.31. The van der Waals surface area contributed by atoms with Crippen LogP contribution in [0.1, 0.15) is 31.7 Å². The zero-order valence-electron chi connectivity index (χ0n) is 9.87. The Balaban J connectivity index is 2.00. The van der Waals surface area contributed by atoms with Crippen LogP contribution in [-0.4, -0.2) is 17.4 Å². The van der Waals surface area contributed by atoms with E-state index >= 15 is 0 Å². The van der Waals surface area contributed by atoms with E-state index in [9.17, 15) is 4.79 Å². The molecule has 0 atom stereocenters.